The fourth-order valence-corrected chi connectivity index (χ4v) is 1.97. The Bertz CT molecular complexity index is 565. The monoisotopic (exact) mass is 251 g/mol. The van der Waals surface area contributed by atoms with Crippen molar-refractivity contribution < 1.29 is 24.0 Å². The number of Topliss-reactive ketones (excluding diaryl/α,β-unsaturated/α-hetero) is 2. The van der Waals surface area contributed by atoms with Crippen LogP contribution in [0.5, 0.6) is 11.5 Å². The summed E-state index contributed by atoms with van der Waals surface area (Å²) in [5, 5.41) is 10.7. The van der Waals surface area contributed by atoms with Crippen molar-refractivity contribution in [2.75, 3.05) is 14.2 Å². The van der Waals surface area contributed by atoms with Crippen LogP contribution in [0, 0.1) is 10.1 Å². The summed E-state index contributed by atoms with van der Waals surface area (Å²) in [6.07, 6.45) is 0. The van der Waals surface area contributed by atoms with Crippen molar-refractivity contribution in [2.24, 2.45) is 0 Å². The van der Waals surface area contributed by atoms with Crippen molar-refractivity contribution in [3.63, 3.8) is 0 Å². The van der Waals surface area contributed by atoms with Crippen molar-refractivity contribution in [1.82, 2.24) is 0 Å². The second kappa shape index (κ2) is 4.10. The van der Waals surface area contributed by atoms with Gasteiger partial charge in [0.15, 0.2) is 11.5 Å². The van der Waals surface area contributed by atoms with Gasteiger partial charge in [-0.05, 0) is 12.1 Å². The quantitative estimate of drug-likeness (QED) is 0.446. The van der Waals surface area contributed by atoms with Crippen LogP contribution in [0.1, 0.15) is 20.7 Å². The van der Waals surface area contributed by atoms with E-state index in [-0.39, 0.29) is 22.6 Å². The van der Waals surface area contributed by atoms with Gasteiger partial charge in [0.05, 0.1) is 19.8 Å². The molecule has 0 bridgehead atoms. The van der Waals surface area contributed by atoms with E-state index in [0.29, 0.717) is 0 Å². The van der Waals surface area contributed by atoms with Gasteiger partial charge in [-0.1, -0.05) is 0 Å². The molecule has 0 saturated carbocycles. The van der Waals surface area contributed by atoms with Gasteiger partial charge in [0.1, 0.15) is 0 Å². The SMILES string of the molecule is COc1ccc2c(c1OC)C(=O)C([N+](=O)[O-])C2=O. The minimum Gasteiger partial charge on any atom is -0.493 e. The summed E-state index contributed by atoms with van der Waals surface area (Å²) in [6.45, 7) is 0. The fourth-order valence-electron chi connectivity index (χ4n) is 1.97. The number of carbonyl (C=O) groups is 2. The Morgan fingerprint density at radius 1 is 1.17 bits per heavy atom. The number of ketones is 2. The van der Waals surface area contributed by atoms with Crippen LogP contribution in [0.2, 0.25) is 0 Å². The number of nitrogens with zero attached hydrogens (tertiary/aromatic N) is 1. The number of ether oxygens (including phenoxy) is 2. The molecule has 0 saturated heterocycles. The van der Waals surface area contributed by atoms with Gasteiger partial charge in [-0.15, -0.1) is 0 Å². The zero-order valence-corrected chi connectivity index (χ0v) is 9.63. The lowest BCUT2D eigenvalue weighted by Crippen LogP contribution is -2.31. The third-order valence-electron chi connectivity index (χ3n) is 2.76. The minimum absolute atomic E-state index is 0.000602. The van der Waals surface area contributed by atoms with Gasteiger partial charge in [-0.3, -0.25) is 19.7 Å². The Morgan fingerprint density at radius 2 is 1.83 bits per heavy atom. The van der Waals surface area contributed by atoms with Crippen molar-refractivity contribution in [2.45, 2.75) is 6.04 Å². The average Bonchev–Trinajstić information content (AvgIpc) is 2.60. The molecule has 1 unspecified atom stereocenters. The largest absolute Gasteiger partial charge is 0.493 e. The summed E-state index contributed by atoms with van der Waals surface area (Å²) >= 11 is 0. The summed E-state index contributed by atoms with van der Waals surface area (Å²) < 4.78 is 9.99. The number of hydrogen-bond acceptors (Lipinski definition) is 6. The van der Waals surface area contributed by atoms with Gasteiger partial charge in [-0.25, -0.2) is 0 Å². The molecule has 94 valence electrons. The molecular formula is C11H9NO6. The Hall–Kier alpha value is -2.44. The van der Waals surface area contributed by atoms with Crippen LogP contribution < -0.4 is 9.47 Å². The van der Waals surface area contributed by atoms with Gasteiger partial charge in [-0.2, -0.15) is 0 Å². The van der Waals surface area contributed by atoms with Crippen LogP contribution in [0.3, 0.4) is 0 Å². The maximum Gasteiger partial charge on any atom is 0.336 e. The molecule has 7 nitrogen and oxygen atoms in total. The third kappa shape index (κ3) is 1.44. The third-order valence-corrected chi connectivity index (χ3v) is 2.76. The predicted octanol–water partition coefficient (Wildman–Crippen LogP) is 0.728. The Balaban J connectivity index is 2.68. The molecule has 1 aliphatic carbocycles. The molecule has 18 heavy (non-hydrogen) atoms. The van der Waals surface area contributed by atoms with Gasteiger partial charge >= 0.3 is 6.04 Å². The second-order valence-corrected chi connectivity index (χ2v) is 3.64. The van der Waals surface area contributed by atoms with Gasteiger partial charge < -0.3 is 9.47 Å². The van der Waals surface area contributed by atoms with Crippen molar-refractivity contribution in [1.29, 1.82) is 0 Å². The van der Waals surface area contributed by atoms with Crippen molar-refractivity contribution >= 4 is 11.6 Å². The van der Waals surface area contributed by atoms with Gasteiger partial charge in [0.25, 0.3) is 0 Å². The summed E-state index contributed by atoms with van der Waals surface area (Å²) in [4.78, 5) is 33.5. The van der Waals surface area contributed by atoms with Crippen molar-refractivity contribution in [3.8, 4) is 11.5 Å². The zero-order chi connectivity index (χ0) is 13.4. The highest BCUT2D eigenvalue weighted by Crippen LogP contribution is 2.38. The smallest absolute Gasteiger partial charge is 0.336 e. The highest BCUT2D eigenvalue weighted by molar-refractivity contribution is 6.29. The molecule has 0 N–H and O–H groups in total. The van der Waals surface area contributed by atoms with E-state index < -0.39 is 22.5 Å². The second-order valence-electron chi connectivity index (χ2n) is 3.64. The number of fused-ring (bicyclic) bond motifs is 1. The van der Waals surface area contributed by atoms with E-state index in [4.69, 9.17) is 9.47 Å². The van der Waals surface area contributed by atoms with Crippen LogP contribution in [-0.4, -0.2) is 36.8 Å². The molecule has 0 amide bonds. The van der Waals surface area contributed by atoms with E-state index in [1.54, 1.807) is 0 Å². The standard InChI is InChI=1S/C11H9NO6/c1-17-6-4-3-5-7(11(6)18-2)10(14)8(9(5)13)12(15)16/h3-4,8H,1-2H3. The first-order valence-corrected chi connectivity index (χ1v) is 4.99. The molecule has 1 aromatic rings. The number of rotatable bonds is 3. The molecule has 0 fully saturated rings. The molecular weight excluding hydrogens is 242 g/mol. The molecule has 0 radical (unpaired) electrons. The molecule has 1 atom stereocenters. The molecule has 7 heteroatoms. The highest BCUT2D eigenvalue weighted by Gasteiger charge is 2.49. The lowest BCUT2D eigenvalue weighted by atomic mass is 10.1. The molecule has 0 heterocycles. The van der Waals surface area contributed by atoms with Crippen molar-refractivity contribution in [3.05, 3.63) is 33.4 Å². The maximum atomic E-state index is 11.9. The van der Waals surface area contributed by atoms with Crippen LogP contribution in [0.4, 0.5) is 0 Å². The predicted molar refractivity (Wildman–Crippen MR) is 59.0 cm³/mol. The number of hydrogen-bond donors (Lipinski definition) is 0. The summed E-state index contributed by atoms with van der Waals surface area (Å²) in [7, 11) is 2.67. The van der Waals surface area contributed by atoms with Crippen LogP contribution >= 0.6 is 0 Å². The van der Waals surface area contributed by atoms with Gasteiger partial charge in [0.2, 0.25) is 11.6 Å². The molecule has 1 aromatic carbocycles. The van der Waals surface area contributed by atoms with Crippen LogP contribution in [0.25, 0.3) is 0 Å². The van der Waals surface area contributed by atoms with Crippen LogP contribution in [0.15, 0.2) is 12.1 Å². The van der Waals surface area contributed by atoms with Crippen LogP contribution in [-0.2, 0) is 0 Å². The lowest BCUT2D eigenvalue weighted by Gasteiger charge is -2.09. The molecule has 0 aliphatic heterocycles. The zero-order valence-electron chi connectivity index (χ0n) is 9.63. The van der Waals surface area contributed by atoms with E-state index in [9.17, 15) is 19.7 Å². The number of nitro groups is 1. The van der Waals surface area contributed by atoms with E-state index in [0.717, 1.165) is 0 Å². The minimum atomic E-state index is -1.87. The summed E-state index contributed by atoms with van der Waals surface area (Å²) in [5.74, 6) is -1.38. The van der Waals surface area contributed by atoms with E-state index in [1.165, 1.54) is 26.4 Å². The first kappa shape index (κ1) is 12.0. The summed E-state index contributed by atoms with van der Waals surface area (Å²) in [6, 6.07) is 0.895. The highest BCUT2D eigenvalue weighted by atomic mass is 16.6. The molecule has 0 spiro atoms. The number of carbonyl (C=O) groups excluding carboxylic acids is 2. The van der Waals surface area contributed by atoms with Gasteiger partial charge in [0, 0.05) is 10.5 Å². The maximum absolute atomic E-state index is 11.9. The normalized spacial score (nSPS) is 17.6. The number of methoxy groups -OCH3 is 2. The number of benzene rings is 1. The molecule has 2 rings (SSSR count). The first-order valence-electron chi connectivity index (χ1n) is 4.99. The topological polar surface area (TPSA) is 95.7 Å². The van der Waals surface area contributed by atoms with E-state index >= 15 is 0 Å². The lowest BCUT2D eigenvalue weighted by molar-refractivity contribution is -0.488. The Kier molecular flexibility index (Phi) is 2.74. The molecule has 0 aromatic heterocycles. The summed E-state index contributed by atoms with van der Waals surface area (Å²) in [5.41, 5.74) is -0.0806. The Morgan fingerprint density at radius 3 is 2.33 bits per heavy atom. The molecule has 1 aliphatic rings. The van der Waals surface area contributed by atoms with E-state index in [2.05, 4.69) is 0 Å². The Labute approximate surface area is 101 Å². The first-order chi connectivity index (χ1) is 8.52. The fraction of sp³-hybridized carbons (Fsp3) is 0.273. The average molecular weight is 251 g/mol. The van der Waals surface area contributed by atoms with E-state index in [1.807, 2.05) is 0 Å².